The largest absolute Gasteiger partial charge is 0.448 e. The Kier molecular flexibility index (Phi) is 8.63. The molecular weight excluding hydrogens is 498 g/mol. The van der Waals surface area contributed by atoms with E-state index >= 15 is 0 Å². The van der Waals surface area contributed by atoms with Crippen LogP contribution in [0.25, 0.3) is 16.8 Å². The number of unbranched alkanes of at least 4 members (excludes halogenated alkanes) is 1. The minimum Gasteiger partial charge on any atom is -0.448 e. The van der Waals surface area contributed by atoms with Crippen molar-refractivity contribution in [2.45, 2.75) is 51.3 Å². The summed E-state index contributed by atoms with van der Waals surface area (Å²) in [6, 6.07) is 24.5. The molecule has 0 spiro atoms. The van der Waals surface area contributed by atoms with E-state index in [1.54, 1.807) is 12.1 Å². The molecule has 0 unspecified atom stereocenters. The second-order valence-electron chi connectivity index (χ2n) is 9.26. The molecule has 4 aromatic rings. The average Bonchev–Trinajstić information content (AvgIpc) is 3.24. The highest BCUT2D eigenvalue weighted by Crippen LogP contribution is 2.30. The summed E-state index contributed by atoms with van der Waals surface area (Å²) in [7, 11) is -3.97. The molecule has 0 aliphatic heterocycles. The Morgan fingerprint density at radius 3 is 2.26 bits per heavy atom. The molecule has 4 rings (SSSR count). The SMILES string of the molecule is CCCCc1nn(-c2ccc(CCOC(=O)NS(=O)(=O)c3ccc(C)cc3)cc2)c(C)c1-c1ccccc1. The van der Waals surface area contributed by atoms with Gasteiger partial charge in [-0.25, -0.2) is 22.6 Å². The number of hydrogen-bond donors (Lipinski definition) is 1. The van der Waals surface area contributed by atoms with Crippen LogP contribution in [-0.4, -0.2) is 30.9 Å². The number of sulfonamides is 1. The van der Waals surface area contributed by atoms with Gasteiger partial charge >= 0.3 is 6.09 Å². The summed E-state index contributed by atoms with van der Waals surface area (Å²) < 4.78 is 33.7. The molecule has 7 nitrogen and oxygen atoms in total. The standard InChI is InChI=1S/C30H33N3O4S/c1-4-5-11-28-29(25-9-7-6-8-10-25)23(3)33(31-28)26-16-14-24(15-17-26)20-21-37-30(34)32-38(35,36)27-18-12-22(2)13-19-27/h6-10,12-19H,4-5,11,20-21H2,1-3H3,(H,32,34). The molecule has 0 fully saturated rings. The molecule has 1 N–H and O–H groups in total. The predicted molar refractivity (Wildman–Crippen MR) is 149 cm³/mol. The Labute approximate surface area is 224 Å². The van der Waals surface area contributed by atoms with Crippen LogP contribution in [0.3, 0.4) is 0 Å². The highest BCUT2D eigenvalue weighted by Gasteiger charge is 2.19. The monoisotopic (exact) mass is 531 g/mol. The van der Waals surface area contributed by atoms with E-state index in [2.05, 4.69) is 26.0 Å². The first-order chi connectivity index (χ1) is 18.3. The first-order valence-electron chi connectivity index (χ1n) is 12.8. The summed E-state index contributed by atoms with van der Waals surface area (Å²) in [6.07, 6.45) is 2.56. The van der Waals surface area contributed by atoms with E-state index in [-0.39, 0.29) is 11.5 Å². The number of ether oxygens (including phenoxy) is 1. The van der Waals surface area contributed by atoms with E-state index < -0.39 is 16.1 Å². The molecule has 1 heterocycles. The van der Waals surface area contributed by atoms with E-state index in [1.165, 1.54) is 23.3 Å². The summed E-state index contributed by atoms with van der Waals surface area (Å²) in [5, 5.41) is 4.95. The first-order valence-corrected chi connectivity index (χ1v) is 14.3. The summed E-state index contributed by atoms with van der Waals surface area (Å²) >= 11 is 0. The Morgan fingerprint density at radius 2 is 1.61 bits per heavy atom. The van der Waals surface area contributed by atoms with Crippen LogP contribution in [0.2, 0.25) is 0 Å². The van der Waals surface area contributed by atoms with Crippen molar-refractivity contribution in [3.63, 3.8) is 0 Å². The molecule has 0 saturated heterocycles. The van der Waals surface area contributed by atoms with Gasteiger partial charge in [-0.05, 0) is 62.1 Å². The van der Waals surface area contributed by atoms with E-state index in [4.69, 9.17) is 9.84 Å². The maximum atomic E-state index is 12.3. The van der Waals surface area contributed by atoms with Gasteiger partial charge < -0.3 is 4.74 Å². The molecule has 1 aromatic heterocycles. The molecular formula is C30H33N3O4S. The molecule has 3 aromatic carbocycles. The van der Waals surface area contributed by atoms with Crippen molar-refractivity contribution < 1.29 is 17.9 Å². The molecule has 38 heavy (non-hydrogen) atoms. The summed E-state index contributed by atoms with van der Waals surface area (Å²) in [4.78, 5) is 12.1. The number of rotatable bonds is 10. The van der Waals surface area contributed by atoms with Crippen LogP contribution in [0.1, 0.15) is 42.3 Å². The third-order valence-electron chi connectivity index (χ3n) is 6.37. The van der Waals surface area contributed by atoms with Crippen molar-refractivity contribution in [1.29, 1.82) is 0 Å². The topological polar surface area (TPSA) is 90.3 Å². The molecule has 8 heteroatoms. The molecule has 198 valence electrons. The van der Waals surface area contributed by atoms with Gasteiger partial charge in [0.2, 0.25) is 0 Å². The highest BCUT2D eigenvalue weighted by molar-refractivity contribution is 7.90. The van der Waals surface area contributed by atoms with E-state index in [0.717, 1.165) is 47.5 Å². The number of carbonyl (C=O) groups is 1. The summed E-state index contributed by atoms with van der Waals surface area (Å²) in [6.45, 7) is 6.18. The highest BCUT2D eigenvalue weighted by atomic mass is 32.2. The van der Waals surface area contributed by atoms with Crippen LogP contribution in [0, 0.1) is 13.8 Å². The number of carbonyl (C=O) groups excluding carboxylic acids is 1. The van der Waals surface area contributed by atoms with Crippen molar-refractivity contribution in [1.82, 2.24) is 14.5 Å². The zero-order chi connectivity index (χ0) is 27.1. The minimum absolute atomic E-state index is 0.0119. The number of benzene rings is 3. The first kappa shape index (κ1) is 27.1. The van der Waals surface area contributed by atoms with Gasteiger partial charge in [-0.1, -0.05) is 73.5 Å². The fraction of sp³-hybridized carbons (Fsp3) is 0.267. The molecule has 0 aliphatic rings. The zero-order valence-electron chi connectivity index (χ0n) is 22.0. The van der Waals surface area contributed by atoms with Crippen LogP contribution in [0.4, 0.5) is 4.79 Å². The lowest BCUT2D eigenvalue weighted by Crippen LogP contribution is -2.31. The summed E-state index contributed by atoms with van der Waals surface area (Å²) in [5.41, 5.74) is 7.37. The van der Waals surface area contributed by atoms with Crippen LogP contribution >= 0.6 is 0 Å². The molecule has 0 bridgehead atoms. The number of aromatic nitrogens is 2. The van der Waals surface area contributed by atoms with Crippen LogP contribution < -0.4 is 4.72 Å². The van der Waals surface area contributed by atoms with Gasteiger partial charge in [-0.3, -0.25) is 0 Å². The second-order valence-corrected chi connectivity index (χ2v) is 10.9. The lowest BCUT2D eigenvalue weighted by molar-refractivity contribution is 0.154. The molecule has 0 saturated carbocycles. The van der Waals surface area contributed by atoms with Crippen molar-refractivity contribution in [2.75, 3.05) is 6.61 Å². The fourth-order valence-corrected chi connectivity index (χ4v) is 5.18. The molecule has 0 radical (unpaired) electrons. The van der Waals surface area contributed by atoms with Crippen molar-refractivity contribution >= 4 is 16.1 Å². The number of nitrogens with zero attached hydrogens (tertiary/aromatic N) is 2. The number of nitrogens with one attached hydrogen (secondary N) is 1. The van der Waals surface area contributed by atoms with E-state index in [1.807, 2.05) is 58.8 Å². The molecule has 0 aliphatic carbocycles. The predicted octanol–water partition coefficient (Wildman–Crippen LogP) is 6.16. The Balaban J connectivity index is 1.40. The van der Waals surface area contributed by atoms with Crippen LogP contribution in [0.15, 0.2) is 83.8 Å². The van der Waals surface area contributed by atoms with E-state index in [0.29, 0.717) is 6.42 Å². The van der Waals surface area contributed by atoms with Crippen molar-refractivity contribution in [3.8, 4) is 16.8 Å². The van der Waals surface area contributed by atoms with Gasteiger partial charge in [0.05, 0.1) is 22.9 Å². The third-order valence-corrected chi connectivity index (χ3v) is 7.70. The average molecular weight is 532 g/mol. The molecule has 1 amide bonds. The smallest absolute Gasteiger partial charge is 0.421 e. The second kappa shape index (κ2) is 12.1. The maximum absolute atomic E-state index is 12.3. The zero-order valence-corrected chi connectivity index (χ0v) is 22.8. The van der Waals surface area contributed by atoms with Gasteiger partial charge in [0, 0.05) is 17.7 Å². The van der Waals surface area contributed by atoms with Gasteiger partial charge in [0.1, 0.15) is 0 Å². The summed E-state index contributed by atoms with van der Waals surface area (Å²) in [5.74, 6) is 0. The van der Waals surface area contributed by atoms with Gasteiger partial charge in [0.15, 0.2) is 0 Å². The third kappa shape index (κ3) is 6.50. The Bertz CT molecular complexity index is 1480. The van der Waals surface area contributed by atoms with Gasteiger partial charge in [0.25, 0.3) is 10.0 Å². The normalized spacial score (nSPS) is 11.3. The fourth-order valence-electron chi connectivity index (χ4n) is 4.29. The minimum atomic E-state index is -3.97. The quantitative estimate of drug-likeness (QED) is 0.265. The lowest BCUT2D eigenvalue weighted by Gasteiger charge is -2.09. The van der Waals surface area contributed by atoms with Crippen molar-refractivity contribution in [3.05, 3.63) is 101 Å². The van der Waals surface area contributed by atoms with E-state index in [9.17, 15) is 13.2 Å². The number of amides is 1. The van der Waals surface area contributed by atoms with Crippen molar-refractivity contribution in [2.24, 2.45) is 0 Å². The Morgan fingerprint density at radius 1 is 0.921 bits per heavy atom. The number of aryl methyl sites for hydroxylation is 2. The van der Waals surface area contributed by atoms with Gasteiger partial charge in [-0.15, -0.1) is 0 Å². The lowest BCUT2D eigenvalue weighted by atomic mass is 10.0. The van der Waals surface area contributed by atoms with Crippen LogP contribution in [-0.2, 0) is 27.6 Å². The molecule has 0 atom stereocenters. The van der Waals surface area contributed by atoms with Gasteiger partial charge in [-0.2, -0.15) is 5.10 Å². The maximum Gasteiger partial charge on any atom is 0.421 e. The Hall–Kier alpha value is -3.91. The van der Waals surface area contributed by atoms with Crippen LogP contribution in [0.5, 0.6) is 0 Å². The number of hydrogen-bond acceptors (Lipinski definition) is 5.